The second-order valence-corrected chi connectivity index (χ2v) is 19.7. The number of rotatable bonds is 18. The maximum absolute atomic E-state index is 15.3. The molecule has 0 saturated carbocycles. The zero-order valence-corrected chi connectivity index (χ0v) is 39.1. The van der Waals surface area contributed by atoms with Gasteiger partial charge in [0.2, 0.25) is 15.7 Å². The van der Waals surface area contributed by atoms with E-state index in [1.165, 1.54) is 36.4 Å². The molecule has 4 atom stereocenters. The van der Waals surface area contributed by atoms with Crippen LogP contribution in [0, 0.1) is 6.92 Å². The molecule has 3 unspecified atom stereocenters. The quantitative estimate of drug-likeness (QED) is 0.0772. The number of benzene rings is 4. The molecule has 2 aliphatic heterocycles. The van der Waals surface area contributed by atoms with Crippen LogP contribution < -0.4 is 32.2 Å². The first-order valence-corrected chi connectivity index (χ1v) is 23.5. The minimum absolute atomic E-state index is 0.0363. The topological polar surface area (TPSA) is 253 Å². The van der Waals surface area contributed by atoms with E-state index in [-0.39, 0.29) is 55.8 Å². The molecule has 2 aliphatic rings. The number of amides is 5. The number of hydrazine groups is 1. The van der Waals surface area contributed by atoms with Gasteiger partial charge in [0.05, 0.1) is 24.1 Å². The van der Waals surface area contributed by atoms with E-state index >= 15 is 18.0 Å². The fraction of sp³-hybridized carbons (Fsp3) is 0.367. The Bertz CT molecular complexity index is 2580. The third kappa shape index (κ3) is 11.9. The number of methoxy groups -OCH3 is 1. The van der Waals surface area contributed by atoms with E-state index in [1.54, 1.807) is 76.2 Å². The van der Waals surface area contributed by atoms with Gasteiger partial charge in [-0.25, -0.2) is 23.2 Å². The largest absolute Gasteiger partial charge is 0.497 e. The number of ether oxygens (including phenoxy) is 2. The third-order valence-electron chi connectivity index (χ3n) is 11.6. The van der Waals surface area contributed by atoms with E-state index in [2.05, 4.69) is 16.0 Å². The molecule has 0 spiro atoms. The van der Waals surface area contributed by atoms with Gasteiger partial charge in [0.15, 0.2) is 6.10 Å². The van der Waals surface area contributed by atoms with E-state index in [4.69, 9.17) is 20.9 Å². The van der Waals surface area contributed by atoms with E-state index in [1.807, 2.05) is 30.3 Å². The lowest BCUT2D eigenvalue weighted by Gasteiger charge is -2.45. The van der Waals surface area contributed by atoms with Crippen molar-refractivity contribution < 1.29 is 47.0 Å². The van der Waals surface area contributed by atoms with E-state index in [0.29, 0.717) is 23.3 Å². The van der Waals surface area contributed by atoms with Gasteiger partial charge >= 0.3 is 6.09 Å². The zero-order chi connectivity index (χ0) is 48.7. The van der Waals surface area contributed by atoms with Gasteiger partial charge < -0.3 is 42.0 Å². The first kappa shape index (κ1) is 49.8. The fourth-order valence-electron chi connectivity index (χ4n) is 8.06. The predicted molar refractivity (Wildman–Crippen MR) is 249 cm³/mol. The van der Waals surface area contributed by atoms with Crippen molar-refractivity contribution in [2.75, 3.05) is 20.2 Å². The summed E-state index contributed by atoms with van der Waals surface area (Å²) in [4.78, 5) is 67.6. The molecule has 17 nitrogen and oxygen atoms in total. The molecule has 1 saturated heterocycles. The number of hydrogen-bond acceptors (Lipinski definition) is 12. The molecule has 5 amide bonds. The van der Waals surface area contributed by atoms with Crippen molar-refractivity contribution in [3.63, 3.8) is 0 Å². The number of fused-ring (bicyclic) bond motifs is 1. The molecule has 1 fully saturated rings. The Morgan fingerprint density at radius 2 is 1.55 bits per heavy atom. The number of aryl methyl sites for hydroxylation is 1. The highest BCUT2D eigenvalue weighted by atomic mass is 32.2. The normalized spacial score (nSPS) is 18.4. The van der Waals surface area contributed by atoms with Crippen LogP contribution in [0.15, 0.2) is 119 Å². The van der Waals surface area contributed by atoms with Crippen LogP contribution >= 0.6 is 0 Å². The molecule has 18 heteroatoms. The number of carbonyl (C=O) groups excluding carboxylic acids is 5. The summed E-state index contributed by atoms with van der Waals surface area (Å²) in [6.07, 6.45) is -1.82. The molecule has 0 aromatic heterocycles. The van der Waals surface area contributed by atoms with Crippen LogP contribution in [0.4, 0.5) is 4.79 Å². The van der Waals surface area contributed by atoms with E-state index in [0.717, 1.165) is 16.1 Å². The van der Waals surface area contributed by atoms with Gasteiger partial charge in [-0.1, -0.05) is 72.3 Å². The summed E-state index contributed by atoms with van der Waals surface area (Å²) in [7, 11) is -3.13. The molecule has 4 aromatic rings. The van der Waals surface area contributed by atoms with Crippen molar-refractivity contribution in [3.8, 4) is 5.75 Å². The van der Waals surface area contributed by atoms with Crippen molar-refractivity contribution in [3.05, 3.63) is 142 Å². The summed E-state index contributed by atoms with van der Waals surface area (Å²) in [6.45, 7) is 7.13. The van der Waals surface area contributed by atoms with Crippen LogP contribution in [-0.2, 0) is 41.9 Å². The van der Waals surface area contributed by atoms with Crippen molar-refractivity contribution in [1.29, 1.82) is 0 Å². The second-order valence-electron chi connectivity index (χ2n) is 17.8. The van der Waals surface area contributed by atoms with Crippen LogP contribution in [0.1, 0.15) is 85.1 Å². The van der Waals surface area contributed by atoms with Gasteiger partial charge in [-0.15, -0.1) is 0 Å². The van der Waals surface area contributed by atoms with Crippen molar-refractivity contribution in [1.82, 2.24) is 26.0 Å². The maximum Gasteiger partial charge on any atom is 0.407 e. The molecule has 67 heavy (non-hydrogen) atoms. The van der Waals surface area contributed by atoms with Crippen molar-refractivity contribution in [2.45, 2.75) is 101 Å². The van der Waals surface area contributed by atoms with Crippen LogP contribution in [0.3, 0.4) is 0 Å². The van der Waals surface area contributed by atoms with Crippen molar-refractivity contribution >= 4 is 39.6 Å². The van der Waals surface area contributed by atoms with Gasteiger partial charge in [0.25, 0.3) is 17.7 Å². The van der Waals surface area contributed by atoms with Crippen LogP contribution in [0.25, 0.3) is 0 Å². The highest BCUT2D eigenvalue weighted by Crippen LogP contribution is 2.48. The summed E-state index contributed by atoms with van der Waals surface area (Å²) in [5.41, 5.74) is 12.3. The van der Waals surface area contributed by atoms with E-state index < -0.39 is 79.5 Å². The Kier molecular flexibility index (Phi) is 15.6. The Balaban J connectivity index is 1.42. The minimum Gasteiger partial charge on any atom is -0.497 e. The predicted octanol–water partition coefficient (Wildman–Crippen LogP) is 4.09. The summed E-state index contributed by atoms with van der Waals surface area (Å²) in [5, 5.41) is 22.4. The number of nitrogens with two attached hydrogens (primary N) is 2. The van der Waals surface area contributed by atoms with Gasteiger partial charge in [0, 0.05) is 25.2 Å². The summed E-state index contributed by atoms with van der Waals surface area (Å²) < 4.78 is 41.2. The number of carbonyl (C=O) groups is 5. The molecule has 0 aliphatic carbocycles. The fourth-order valence-corrected chi connectivity index (χ4v) is 9.79. The SMILES string of the molecule is COc1ccc(C2C(S(=O)(=O)c3ccc(C)cc3)=C(C(=O)N[C@@H](CCCCNC(=O)OC(C)(C)C)C(O)C(=O)NCc3ccc(C(N)=O)cc3)N3C(=O)C(N)(Cc4ccccc4)CCN23)cc1. The zero-order valence-electron chi connectivity index (χ0n) is 38.3. The molecule has 8 N–H and O–H groups in total. The molecular formula is C49H59N7O10S. The molecular weight excluding hydrogens is 879 g/mol. The number of nitrogens with one attached hydrogen (secondary N) is 3. The average molecular weight is 938 g/mol. The maximum atomic E-state index is 15.3. The van der Waals surface area contributed by atoms with Gasteiger partial charge in [-0.3, -0.25) is 19.2 Å². The number of primary amides is 1. The molecule has 4 aromatic carbocycles. The van der Waals surface area contributed by atoms with Crippen LogP contribution in [0.5, 0.6) is 5.75 Å². The Hall–Kier alpha value is -6.60. The van der Waals surface area contributed by atoms with E-state index in [9.17, 15) is 19.5 Å². The molecule has 356 valence electrons. The highest BCUT2D eigenvalue weighted by molar-refractivity contribution is 7.95. The monoisotopic (exact) mass is 937 g/mol. The smallest absolute Gasteiger partial charge is 0.407 e. The number of aliphatic hydroxyl groups excluding tert-OH is 1. The lowest BCUT2D eigenvalue weighted by molar-refractivity contribution is -0.160. The minimum atomic E-state index is -4.62. The summed E-state index contributed by atoms with van der Waals surface area (Å²) >= 11 is 0. The Labute approximate surface area is 390 Å². The number of hydrogen-bond donors (Lipinski definition) is 6. The first-order valence-electron chi connectivity index (χ1n) is 22.0. The Morgan fingerprint density at radius 1 is 0.896 bits per heavy atom. The van der Waals surface area contributed by atoms with Crippen LogP contribution in [0.2, 0.25) is 0 Å². The Morgan fingerprint density at radius 3 is 2.16 bits per heavy atom. The number of alkyl carbamates (subject to hydrolysis) is 1. The summed E-state index contributed by atoms with van der Waals surface area (Å²) in [6, 6.07) is 25.4. The number of nitrogens with zero attached hydrogens (tertiary/aromatic N) is 2. The molecule has 0 radical (unpaired) electrons. The average Bonchev–Trinajstić information content (AvgIpc) is 3.65. The molecule has 2 heterocycles. The first-order chi connectivity index (χ1) is 31.7. The summed E-state index contributed by atoms with van der Waals surface area (Å²) in [5.74, 6) is -2.81. The van der Waals surface area contributed by atoms with Crippen LogP contribution in [-0.4, -0.2) is 96.7 Å². The lowest BCUT2D eigenvalue weighted by Crippen LogP contribution is -2.65. The highest BCUT2D eigenvalue weighted by Gasteiger charge is 2.57. The third-order valence-corrected chi connectivity index (χ3v) is 13.5. The van der Waals surface area contributed by atoms with Gasteiger partial charge in [-0.2, -0.15) is 0 Å². The number of unbranched alkanes of at least 4 members (excludes halogenated alkanes) is 1. The number of sulfone groups is 1. The second kappa shape index (κ2) is 20.9. The standard InChI is InChI=1S/C49H59N7O10S/c1-31-14-24-37(25-15-31)67(63,64)42-39(34-20-22-36(65-5)23-21-34)55-28-26-49(51,29-32-11-7-6-8-12-32)46(61)56(55)40(42)44(59)54-38(13-9-10-27-52-47(62)66-48(2,3)4)41(57)45(60)53-30-33-16-18-35(19-17-33)43(50)58/h6-8,11-12,14-25,38-39,41,57H,9-10,13,26-30,51H2,1-5H3,(H2,50,58)(H,52,62)(H,53,60)(H,54,59)/t38-,39?,41?,49?/m0/s1. The van der Waals surface area contributed by atoms with Gasteiger partial charge in [-0.05, 0) is 113 Å². The van der Waals surface area contributed by atoms with Gasteiger partial charge in [0.1, 0.15) is 27.5 Å². The molecule has 0 bridgehead atoms. The number of aliphatic hydroxyl groups is 1. The lowest BCUT2D eigenvalue weighted by atomic mass is 9.85. The molecule has 6 rings (SSSR count). The van der Waals surface area contributed by atoms with Crippen molar-refractivity contribution in [2.24, 2.45) is 11.5 Å².